The van der Waals surface area contributed by atoms with Gasteiger partial charge in [-0.15, -0.1) is 23.2 Å². The van der Waals surface area contributed by atoms with Gasteiger partial charge in [0.05, 0.1) is 23.1 Å². The number of halogens is 2. The van der Waals surface area contributed by atoms with E-state index in [1.165, 1.54) is 48.5 Å². The van der Waals surface area contributed by atoms with Crippen molar-refractivity contribution < 1.29 is 28.0 Å². The van der Waals surface area contributed by atoms with E-state index in [0.717, 1.165) is 0 Å². The van der Waals surface area contributed by atoms with Gasteiger partial charge in [0.25, 0.3) is 26.4 Å². The highest BCUT2D eigenvalue weighted by molar-refractivity contribution is 7.73. The maximum atomic E-state index is 14.4. The largest absolute Gasteiger partial charge is 0.312 e. The normalized spacial score (nSPS) is 14.6. The molecule has 2 atom stereocenters. The Labute approximate surface area is 250 Å². The zero-order chi connectivity index (χ0) is 30.5. The summed E-state index contributed by atoms with van der Waals surface area (Å²) in [5.74, 6) is 0.443. The second-order valence-corrected chi connectivity index (χ2v) is 15.7. The van der Waals surface area contributed by atoms with Crippen LogP contribution < -0.4 is 0 Å². The molecule has 0 amide bonds. The van der Waals surface area contributed by atoms with Crippen molar-refractivity contribution in [2.75, 3.05) is 44.8 Å². The SMILES string of the molecule is CN(CCCCCl)P(=O)(CP(=O)(OCc1ccc([N+](=O)[O-])cc1)N(C)CCCCCl)OCc1ccc([N+](=O)[O-])cc1. The Balaban J connectivity index is 2.33. The Bertz CT molecular complexity index is 1130. The predicted octanol–water partition coefficient (Wildman–Crippen LogP) is 7.48. The molecule has 0 aliphatic carbocycles. The fraction of sp³-hybridized carbons (Fsp3) is 0.520. The van der Waals surface area contributed by atoms with Gasteiger partial charge in [-0.2, -0.15) is 0 Å². The average molecular weight is 653 g/mol. The molecule has 2 aromatic carbocycles. The van der Waals surface area contributed by atoms with Crippen molar-refractivity contribution in [1.29, 1.82) is 0 Å². The lowest BCUT2D eigenvalue weighted by Gasteiger charge is -2.34. The van der Waals surface area contributed by atoms with Crippen LogP contribution in [0.2, 0.25) is 0 Å². The first-order valence-corrected chi connectivity index (χ1v) is 17.5. The Kier molecular flexibility index (Phi) is 14.9. The fourth-order valence-electron chi connectivity index (χ4n) is 3.67. The number of alkyl halides is 2. The van der Waals surface area contributed by atoms with Gasteiger partial charge < -0.3 is 9.05 Å². The van der Waals surface area contributed by atoms with Crippen molar-refractivity contribution in [3.63, 3.8) is 0 Å². The first-order chi connectivity index (χ1) is 19.4. The van der Waals surface area contributed by atoms with Crippen molar-refractivity contribution in [2.24, 2.45) is 0 Å². The molecule has 2 aromatic rings. The van der Waals surface area contributed by atoms with Gasteiger partial charge in [0.15, 0.2) is 0 Å². The van der Waals surface area contributed by atoms with Crippen LogP contribution in [-0.2, 0) is 31.4 Å². The summed E-state index contributed by atoms with van der Waals surface area (Å²) in [7, 11) is -4.34. The monoisotopic (exact) mass is 652 g/mol. The smallest absolute Gasteiger partial charge is 0.283 e. The first-order valence-electron chi connectivity index (χ1n) is 12.9. The molecule has 2 rings (SSSR count). The number of hydrogen-bond donors (Lipinski definition) is 0. The maximum absolute atomic E-state index is 14.4. The summed E-state index contributed by atoms with van der Waals surface area (Å²) in [6.07, 6.45) is 2.62. The summed E-state index contributed by atoms with van der Waals surface area (Å²) in [4.78, 5) is 21.0. The van der Waals surface area contributed by atoms with Crippen molar-refractivity contribution in [3.05, 3.63) is 79.9 Å². The lowest BCUT2D eigenvalue weighted by Crippen LogP contribution is -2.25. The van der Waals surface area contributed by atoms with Crippen molar-refractivity contribution in [2.45, 2.75) is 38.9 Å². The van der Waals surface area contributed by atoms with E-state index in [0.29, 0.717) is 61.7 Å². The summed E-state index contributed by atoms with van der Waals surface area (Å²) in [5.41, 5.74) is 0.944. The van der Waals surface area contributed by atoms with Gasteiger partial charge in [-0.1, -0.05) is 0 Å². The summed E-state index contributed by atoms with van der Waals surface area (Å²) in [6.45, 7) is 0.464. The van der Waals surface area contributed by atoms with Crippen LogP contribution in [-0.4, -0.2) is 64.0 Å². The number of nitrogens with zero attached hydrogens (tertiary/aromatic N) is 4. The zero-order valence-electron chi connectivity index (χ0n) is 23.1. The Morgan fingerprint density at radius 3 is 1.32 bits per heavy atom. The number of unbranched alkanes of at least 4 members (excludes halogenated alkanes) is 2. The molecule has 0 aromatic heterocycles. The molecule has 0 N–H and O–H groups in total. The quantitative estimate of drug-likeness (QED) is 0.0463. The van der Waals surface area contributed by atoms with Crippen LogP contribution >= 0.6 is 38.2 Å². The molecule has 12 nitrogen and oxygen atoms in total. The number of rotatable bonds is 20. The Hall–Kier alpha value is -1.88. The van der Waals surface area contributed by atoms with Gasteiger partial charge >= 0.3 is 0 Å². The molecule has 0 fully saturated rings. The van der Waals surface area contributed by atoms with Crippen LogP contribution in [0.1, 0.15) is 36.8 Å². The predicted molar refractivity (Wildman–Crippen MR) is 161 cm³/mol. The molecule has 16 heteroatoms. The number of nitro benzene ring substituents is 2. The highest BCUT2D eigenvalue weighted by atomic mass is 35.5. The molecular formula is C25H36Cl2N4O8P2. The lowest BCUT2D eigenvalue weighted by atomic mass is 10.2. The molecule has 0 radical (unpaired) electrons. The van der Waals surface area contributed by atoms with E-state index in [2.05, 4.69) is 0 Å². The van der Waals surface area contributed by atoms with Gasteiger partial charge in [0, 0.05) is 49.1 Å². The molecule has 0 heterocycles. The molecule has 228 valence electrons. The van der Waals surface area contributed by atoms with E-state index in [9.17, 15) is 29.4 Å². The van der Waals surface area contributed by atoms with Crippen molar-refractivity contribution >= 4 is 49.6 Å². The third-order valence-corrected chi connectivity index (χ3v) is 13.2. The molecule has 0 bridgehead atoms. The lowest BCUT2D eigenvalue weighted by molar-refractivity contribution is -0.385. The van der Waals surface area contributed by atoms with E-state index in [4.69, 9.17) is 32.2 Å². The van der Waals surface area contributed by atoms with Crippen LogP contribution in [0.25, 0.3) is 0 Å². The standard InChI is InChI=1S/C25H36Cl2N4O8P2/c1-28(17-5-3-15-26)40(36,38-19-22-7-11-24(12-8-22)30(32)33)21-41(37,29(2)18-6-4-16-27)39-20-23-9-13-25(14-10-23)31(34)35/h7-14H,3-6,15-21H2,1-2H3. The Morgan fingerprint density at radius 1 is 0.683 bits per heavy atom. The fourth-order valence-corrected chi connectivity index (χ4v) is 10.2. The van der Waals surface area contributed by atoms with E-state index in [-0.39, 0.29) is 24.6 Å². The molecule has 0 aliphatic rings. The van der Waals surface area contributed by atoms with Gasteiger partial charge in [0.2, 0.25) is 0 Å². The maximum Gasteiger partial charge on any atom is 0.283 e. The average Bonchev–Trinajstić information content (AvgIpc) is 2.95. The van der Waals surface area contributed by atoms with Gasteiger partial charge in [-0.25, -0.2) is 9.34 Å². The highest BCUT2D eigenvalue weighted by Crippen LogP contribution is 2.66. The summed E-state index contributed by atoms with van der Waals surface area (Å²) in [5, 5.41) is 22.0. The van der Waals surface area contributed by atoms with Crippen molar-refractivity contribution in [1.82, 2.24) is 9.34 Å². The minimum Gasteiger partial charge on any atom is -0.312 e. The van der Waals surface area contributed by atoms with E-state index in [1.807, 2.05) is 0 Å². The third-order valence-electron chi connectivity index (χ3n) is 6.29. The summed E-state index contributed by atoms with van der Waals surface area (Å²) < 4.78 is 43.9. The van der Waals surface area contributed by atoms with Crippen LogP contribution in [0.15, 0.2) is 48.5 Å². The molecule has 2 unspecified atom stereocenters. The van der Waals surface area contributed by atoms with Crippen LogP contribution in [0.5, 0.6) is 0 Å². The molecule has 0 spiro atoms. The van der Waals surface area contributed by atoms with E-state index < -0.39 is 30.8 Å². The topological polar surface area (TPSA) is 145 Å². The Morgan fingerprint density at radius 2 is 1.02 bits per heavy atom. The van der Waals surface area contributed by atoms with Gasteiger partial charge in [-0.3, -0.25) is 29.4 Å². The van der Waals surface area contributed by atoms with E-state index in [1.54, 1.807) is 23.4 Å². The number of benzene rings is 2. The molecule has 0 aliphatic heterocycles. The summed E-state index contributed by atoms with van der Waals surface area (Å²) in [6, 6.07) is 11.4. The molecule has 41 heavy (non-hydrogen) atoms. The molecule has 0 saturated heterocycles. The van der Waals surface area contributed by atoms with Crippen LogP contribution in [0.3, 0.4) is 0 Å². The number of hydrogen-bond acceptors (Lipinski definition) is 8. The number of non-ortho nitro benzene ring substituents is 2. The zero-order valence-corrected chi connectivity index (χ0v) is 26.4. The van der Waals surface area contributed by atoms with Crippen molar-refractivity contribution in [3.8, 4) is 0 Å². The second-order valence-electron chi connectivity index (χ2n) is 9.37. The van der Waals surface area contributed by atoms with Gasteiger partial charge in [-0.05, 0) is 75.2 Å². The second kappa shape index (κ2) is 17.3. The molecular weight excluding hydrogens is 617 g/mol. The third kappa shape index (κ3) is 11.4. The molecule has 0 saturated carbocycles. The van der Waals surface area contributed by atoms with E-state index >= 15 is 0 Å². The minimum atomic E-state index is -3.79. The highest BCUT2D eigenvalue weighted by Gasteiger charge is 2.42. The minimum absolute atomic E-state index is 0.0853. The van der Waals surface area contributed by atoms with Crippen LogP contribution in [0.4, 0.5) is 11.4 Å². The first kappa shape index (κ1) is 35.3. The van der Waals surface area contributed by atoms with Gasteiger partial charge in [0.1, 0.15) is 5.90 Å². The van der Waals surface area contributed by atoms with Crippen LogP contribution in [0, 0.1) is 20.2 Å². The number of nitro groups is 2. The summed E-state index contributed by atoms with van der Waals surface area (Å²) >= 11 is 11.7.